The van der Waals surface area contributed by atoms with Crippen molar-refractivity contribution in [2.75, 3.05) is 38.1 Å². The number of H-pyrrole nitrogens is 1. The van der Waals surface area contributed by atoms with E-state index in [0.29, 0.717) is 17.0 Å². The zero-order valence-corrected chi connectivity index (χ0v) is 19.0. The number of nitrogens with zero attached hydrogens (tertiary/aromatic N) is 3. The largest absolute Gasteiger partial charge is 0.369 e. The molecule has 0 saturated carbocycles. The third-order valence-corrected chi connectivity index (χ3v) is 7.10. The van der Waals surface area contributed by atoms with Crippen molar-refractivity contribution in [1.29, 1.82) is 0 Å². The summed E-state index contributed by atoms with van der Waals surface area (Å²) in [7, 11) is 2.10. The topological polar surface area (TPSA) is 78.2 Å². The van der Waals surface area contributed by atoms with Gasteiger partial charge in [0.2, 0.25) is 5.91 Å². The number of hydrogen-bond donors (Lipinski definition) is 2. The summed E-state index contributed by atoms with van der Waals surface area (Å²) in [6, 6.07) is 17.1. The molecule has 0 radical (unpaired) electrons. The Morgan fingerprint density at radius 1 is 1.03 bits per heavy atom. The molecule has 172 valence electrons. The monoisotopic (exact) mass is 455 g/mol. The molecule has 1 saturated heterocycles. The normalized spacial score (nSPS) is 18.1. The highest BCUT2D eigenvalue weighted by molar-refractivity contribution is 6.00. The summed E-state index contributed by atoms with van der Waals surface area (Å²) in [5, 5.41) is 0. The van der Waals surface area contributed by atoms with Gasteiger partial charge in [-0.3, -0.25) is 4.79 Å². The molecule has 1 fully saturated rings. The number of anilines is 1. The van der Waals surface area contributed by atoms with Gasteiger partial charge in [-0.1, -0.05) is 42.5 Å². The lowest BCUT2D eigenvalue weighted by atomic mass is 9.95. The maximum Gasteiger partial charge on any atom is 0.229 e. The van der Waals surface area contributed by atoms with Gasteiger partial charge in [0, 0.05) is 31.3 Å². The van der Waals surface area contributed by atoms with E-state index >= 15 is 4.39 Å². The van der Waals surface area contributed by atoms with Gasteiger partial charge in [-0.15, -0.1) is 0 Å². The molecule has 1 aliphatic carbocycles. The van der Waals surface area contributed by atoms with Crippen molar-refractivity contribution < 1.29 is 9.18 Å². The Morgan fingerprint density at radius 3 is 2.68 bits per heavy atom. The lowest BCUT2D eigenvalue weighted by Gasteiger charge is -2.23. The molecule has 0 bridgehead atoms. The number of fused-ring (bicyclic) bond motifs is 4. The SMILES string of the molecule is CN1CCCN(c2cc3nc(-c4cccc5c4-c4ccccc4[C@H]5C(N)=O)[nH]c3cc2F)CC1. The van der Waals surface area contributed by atoms with Crippen molar-refractivity contribution in [1.82, 2.24) is 14.9 Å². The Bertz CT molecular complexity index is 1430. The maximum atomic E-state index is 15.1. The number of rotatable bonds is 3. The van der Waals surface area contributed by atoms with E-state index in [2.05, 4.69) is 21.8 Å². The fraction of sp³-hybridized carbons (Fsp3) is 0.259. The van der Waals surface area contributed by atoms with Gasteiger partial charge in [-0.2, -0.15) is 0 Å². The van der Waals surface area contributed by atoms with E-state index in [1.807, 2.05) is 48.5 Å². The number of amides is 1. The van der Waals surface area contributed by atoms with Crippen molar-refractivity contribution >= 4 is 22.6 Å². The highest BCUT2D eigenvalue weighted by Crippen LogP contribution is 2.48. The molecule has 3 N–H and O–H groups in total. The number of aromatic amines is 1. The molecule has 6 rings (SSSR count). The third-order valence-electron chi connectivity index (χ3n) is 7.10. The molecule has 2 aliphatic rings. The number of benzene rings is 3. The average Bonchev–Trinajstić information content (AvgIpc) is 3.31. The van der Waals surface area contributed by atoms with E-state index in [4.69, 9.17) is 10.7 Å². The number of imidazole rings is 1. The number of carbonyl (C=O) groups excluding carboxylic acids is 1. The molecule has 1 aromatic heterocycles. The average molecular weight is 456 g/mol. The molecular formula is C27H26FN5O. The van der Waals surface area contributed by atoms with E-state index < -0.39 is 5.92 Å². The Hall–Kier alpha value is -3.71. The molecule has 4 aromatic rings. The second-order valence-corrected chi connectivity index (χ2v) is 9.24. The first-order chi connectivity index (χ1) is 16.5. The van der Waals surface area contributed by atoms with E-state index in [9.17, 15) is 4.79 Å². The number of aromatic nitrogens is 2. The molecule has 0 unspecified atom stereocenters. The molecule has 7 heteroatoms. The molecule has 3 aromatic carbocycles. The predicted octanol–water partition coefficient (Wildman–Crippen LogP) is 4.11. The van der Waals surface area contributed by atoms with E-state index in [0.717, 1.165) is 65.9 Å². The molecule has 1 aliphatic heterocycles. The quantitative estimate of drug-likeness (QED) is 0.487. The predicted molar refractivity (Wildman–Crippen MR) is 132 cm³/mol. The van der Waals surface area contributed by atoms with E-state index in [-0.39, 0.29) is 11.7 Å². The molecule has 1 amide bonds. The van der Waals surface area contributed by atoms with Crippen LogP contribution in [0.1, 0.15) is 23.5 Å². The second kappa shape index (κ2) is 7.95. The van der Waals surface area contributed by atoms with E-state index in [1.165, 1.54) is 0 Å². The third kappa shape index (κ3) is 3.27. The Morgan fingerprint density at radius 2 is 1.82 bits per heavy atom. The van der Waals surface area contributed by atoms with Gasteiger partial charge >= 0.3 is 0 Å². The minimum atomic E-state index is -0.485. The fourth-order valence-corrected chi connectivity index (χ4v) is 5.44. The van der Waals surface area contributed by atoms with Crippen molar-refractivity contribution in [3.63, 3.8) is 0 Å². The van der Waals surface area contributed by atoms with Crippen molar-refractivity contribution in [3.8, 4) is 22.5 Å². The Balaban J connectivity index is 1.46. The van der Waals surface area contributed by atoms with Crippen LogP contribution < -0.4 is 10.6 Å². The zero-order valence-electron chi connectivity index (χ0n) is 19.0. The van der Waals surface area contributed by atoms with Gasteiger partial charge < -0.3 is 20.5 Å². The molecule has 34 heavy (non-hydrogen) atoms. The molecule has 0 spiro atoms. The van der Waals surface area contributed by atoms with Crippen LogP contribution in [-0.2, 0) is 4.79 Å². The summed E-state index contributed by atoms with van der Waals surface area (Å²) in [5.41, 5.74) is 12.4. The summed E-state index contributed by atoms with van der Waals surface area (Å²) >= 11 is 0. The van der Waals surface area contributed by atoms with Crippen LogP contribution in [0.4, 0.5) is 10.1 Å². The van der Waals surface area contributed by atoms with Crippen LogP contribution >= 0.6 is 0 Å². The van der Waals surface area contributed by atoms with Crippen molar-refractivity contribution in [2.45, 2.75) is 12.3 Å². The van der Waals surface area contributed by atoms with Crippen LogP contribution in [0.15, 0.2) is 54.6 Å². The van der Waals surface area contributed by atoms with Crippen molar-refractivity contribution in [3.05, 3.63) is 71.5 Å². The number of nitrogens with one attached hydrogen (secondary N) is 1. The first-order valence-corrected chi connectivity index (χ1v) is 11.7. The van der Waals surface area contributed by atoms with Crippen LogP contribution in [0, 0.1) is 5.82 Å². The van der Waals surface area contributed by atoms with Crippen LogP contribution in [-0.4, -0.2) is 54.0 Å². The minimum absolute atomic E-state index is 0.246. The minimum Gasteiger partial charge on any atom is -0.369 e. The van der Waals surface area contributed by atoms with Gasteiger partial charge in [0.05, 0.1) is 22.6 Å². The summed E-state index contributed by atoms with van der Waals surface area (Å²) in [4.78, 5) is 24.9. The number of carbonyl (C=O) groups is 1. The molecule has 6 nitrogen and oxygen atoms in total. The number of likely N-dealkylation sites (N-methyl/N-ethyl adjacent to an activating group) is 1. The summed E-state index contributed by atoms with van der Waals surface area (Å²) in [5.74, 6) is -0.452. The first kappa shape index (κ1) is 20.9. The highest BCUT2D eigenvalue weighted by Gasteiger charge is 2.34. The number of halogens is 1. The fourth-order valence-electron chi connectivity index (χ4n) is 5.44. The smallest absolute Gasteiger partial charge is 0.229 e. The van der Waals surface area contributed by atoms with Crippen LogP contribution in [0.25, 0.3) is 33.5 Å². The molecule has 2 heterocycles. The second-order valence-electron chi connectivity index (χ2n) is 9.24. The van der Waals surface area contributed by atoms with Gasteiger partial charge in [-0.05, 0) is 48.3 Å². The number of primary amides is 1. The first-order valence-electron chi connectivity index (χ1n) is 11.7. The van der Waals surface area contributed by atoms with Gasteiger partial charge in [0.25, 0.3) is 0 Å². The van der Waals surface area contributed by atoms with Crippen molar-refractivity contribution in [2.24, 2.45) is 5.73 Å². The lowest BCUT2D eigenvalue weighted by Crippen LogP contribution is -2.29. The number of nitrogens with two attached hydrogens (primary N) is 1. The lowest BCUT2D eigenvalue weighted by molar-refractivity contribution is -0.118. The summed E-state index contributed by atoms with van der Waals surface area (Å²) in [6.07, 6.45) is 0.996. The maximum absolute atomic E-state index is 15.1. The zero-order chi connectivity index (χ0) is 23.4. The van der Waals surface area contributed by atoms with Gasteiger partial charge in [0.1, 0.15) is 11.6 Å². The highest BCUT2D eigenvalue weighted by atomic mass is 19.1. The van der Waals surface area contributed by atoms with Gasteiger partial charge in [0.15, 0.2) is 0 Å². The molecule has 1 atom stereocenters. The van der Waals surface area contributed by atoms with Crippen LogP contribution in [0.2, 0.25) is 0 Å². The summed E-state index contributed by atoms with van der Waals surface area (Å²) in [6.45, 7) is 3.52. The summed E-state index contributed by atoms with van der Waals surface area (Å²) < 4.78 is 15.1. The Labute approximate surface area is 197 Å². The van der Waals surface area contributed by atoms with E-state index in [1.54, 1.807) is 6.07 Å². The standard InChI is InChI=1S/C27H26FN5O/c1-32-10-5-11-33(13-12-32)23-15-22-21(14-20(23)28)30-27(31-22)19-9-4-8-18-24(19)16-6-2-3-7-17(16)25(18)26(29)34/h2-4,6-9,14-15,25H,5,10-13H2,1H3,(H2,29,34)(H,30,31)/t25-/m1/s1. The Kier molecular flexibility index (Phi) is 4.88. The van der Waals surface area contributed by atoms with Gasteiger partial charge in [-0.25, -0.2) is 9.37 Å². The van der Waals surface area contributed by atoms with Crippen LogP contribution in [0.5, 0.6) is 0 Å². The molecular weight excluding hydrogens is 429 g/mol. The number of hydrogen-bond acceptors (Lipinski definition) is 4. The van der Waals surface area contributed by atoms with Crippen LogP contribution in [0.3, 0.4) is 0 Å².